The summed E-state index contributed by atoms with van der Waals surface area (Å²) in [7, 11) is 0. The van der Waals surface area contributed by atoms with Gasteiger partial charge in [0.25, 0.3) is 0 Å². The van der Waals surface area contributed by atoms with Crippen molar-refractivity contribution in [1.29, 1.82) is 0 Å². The molecule has 1 heterocycles. The molecule has 4 heteroatoms. The van der Waals surface area contributed by atoms with Crippen LogP contribution in [0.5, 0.6) is 0 Å². The summed E-state index contributed by atoms with van der Waals surface area (Å²) in [5.74, 6) is 0.998. The van der Waals surface area contributed by atoms with Crippen LogP contribution in [-0.4, -0.2) is 48.9 Å². The van der Waals surface area contributed by atoms with Crippen molar-refractivity contribution in [2.24, 2.45) is 0 Å². The van der Waals surface area contributed by atoms with E-state index in [1.165, 1.54) is 0 Å². The summed E-state index contributed by atoms with van der Waals surface area (Å²) in [5, 5.41) is 0. The van der Waals surface area contributed by atoms with Gasteiger partial charge < -0.3 is 9.80 Å². The zero-order chi connectivity index (χ0) is 15.0. The maximum Gasteiger partial charge on any atom is 0.151 e. The van der Waals surface area contributed by atoms with Crippen molar-refractivity contribution < 1.29 is 4.79 Å². The van der Waals surface area contributed by atoms with Crippen LogP contribution in [0.2, 0.25) is 0 Å². The van der Waals surface area contributed by atoms with Crippen molar-refractivity contribution in [3.05, 3.63) is 23.4 Å². The van der Waals surface area contributed by atoms with Crippen molar-refractivity contribution in [1.82, 2.24) is 9.88 Å². The molecule has 0 aliphatic rings. The largest absolute Gasteiger partial charge is 0.357 e. The number of hydrogen-bond acceptors (Lipinski definition) is 4. The average Bonchev–Trinajstić information content (AvgIpc) is 2.48. The second-order valence-electron chi connectivity index (χ2n) is 4.99. The zero-order valence-corrected chi connectivity index (χ0v) is 13.2. The van der Waals surface area contributed by atoms with Gasteiger partial charge in [0.05, 0.1) is 0 Å². The number of aryl methyl sites for hydroxylation is 1. The first-order valence-corrected chi connectivity index (χ1v) is 7.55. The van der Waals surface area contributed by atoms with Gasteiger partial charge in [-0.3, -0.25) is 4.79 Å². The standard InChI is InChI=1S/C16H27N3O/c1-5-18(6-2)9-8-10-19(7-3)16-14(4)11-15(13-20)12-17-16/h11-13H,5-10H2,1-4H3. The second kappa shape index (κ2) is 8.69. The molecule has 0 unspecified atom stereocenters. The number of anilines is 1. The van der Waals surface area contributed by atoms with Gasteiger partial charge in [0.2, 0.25) is 0 Å². The molecule has 0 amide bonds. The summed E-state index contributed by atoms with van der Waals surface area (Å²) in [6.07, 6.45) is 3.63. The third-order valence-electron chi connectivity index (χ3n) is 3.69. The van der Waals surface area contributed by atoms with E-state index < -0.39 is 0 Å². The van der Waals surface area contributed by atoms with E-state index in [0.717, 1.165) is 56.8 Å². The van der Waals surface area contributed by atoms with E-state index in [-0.39, 0.29) is 0 Å². The average molecular weight is 277 g/mol. The van der Waals surface area contributed by atoms with Crippen LogP contribution in [-0.2, 0) is 0 Å². The van der Waals surface area contributed by atoms with Crippen LogP contribution < -0.4 is 4.90 Å². The summed E-state index contributed by atoms with van der Waals surface area (Å²) in [4.78, 5) is 19.9. The molecule has 0 aromatic carbocycles. The quantitative estimate of drug-likeness (QED) is 0.650. The van der Waals surface area contributed by atoms with Crippen molar-refractivity contribution >= 4 is 12.1 Å². The Morgan fingerprint density at radius 2 is 1.85 bits per heavy atom. The first kappa shape index (κ1) is 16.6. The molecule has 112 valence electrons. The molecule has 1 rings (SSSR count). The van der Waals surface area contributed by atoms with Crippen LogP contribution in [0.1, 0.15) is 43.1 Å². The van der Waals surface area contributed by atoms with Crippen LogP contribution in [0, 0.1) is 6.92 Å². The van der Waals surface area contributed by atoms with Crippen LogP contribution in [0.3, 0.4) is 0 Å². The van der Waals surface area contributed by atoms with Crippen LogP contribution >= 0.6 is 0 Å². The SMILES string of the molecule is CCN(CC)CCCN(CC)c1ncc(C=O)cc1C. The highest BCUT2D eigenvalue weighted by Crippen LogP contribution is 2.17. The number of carbonyl (C=O) groups excluding carboxylic acids is 1. The molecule has 1 aromatic heterocycles. The predicted octanol–water partition coefficient (Wildman–Crippen LogP) is 2.76. The fraction of sp³-hybridized carbons (Fsp3) is 0.625. The summed E-state index contributed by atoms with van der Waals surface area (Å²) >= 11 is 0. The summed E-state index contributed by atoms with van der Waals surface area (Å²) < 4.78 is 0. The van der Waals surface area contributed by atoms with Gasteiger partial charge in [0.15, 0.2) is 6.29 Å². The van der Waals surface area contributed by atoms with Gasteiger partial charge in [-0.1, -0.05) is 13.8 Å². The molecule has 0 aliphatic carbocycles. The molecule has 0 radical (unpaired) electrons. The number of aldehydes is 1. The van der Waals surface area contributed by atoms with E-state index >= 15 is 0 Å². The van der Waals surface area contributed by atoms with Crippen molar-refractivity contribution in [3.8, 4) is 0 Å². The highest BCUT2D eigenvalue weighted by atomic mass is 16.1. The van der Waals surface area contributed by atoms with Crippen molar-refractivity contribution in [3.63, 3.8) is 0 Å². The smallest absolute Gasteiger partial charge is 0.151 e. The molecule has 0 atom stereocenters. The van der Waals surface area contributed by atoms with E-state index in [0.29, 0.717) is 5.56 Å². The van der Waals surface area contributed by atoms with Gasteiger partial charge in [-0.15, -0.1) is 0 Å². The fourth-order valence-electron chi connectivity index (χ4n) is 2.42. The van der Waals surface area contributed by atoms with Gasteiger partial charge >= 0.3 is 0 Å². The molecule has 0 saturated heterocycles. The summed E-state index contributed by atoms with van der Waals surface area (Å²) in [6.45, 7) is 13.8. The minimum atomic E-state index is 0.644. The molecule has 0 saturated carbocycles. The van der Waals surface area contributed by atoms with E-state index in [1.807, 2.05) is 13.0 Å². The lowest BCUT2D eigenvalue weighted by Crippen LogP contribution is -2.30. The molecule has 20 heavy (non-hydrogen) atoms. The number of nitrogens with zero attached hydrogens (tertiary/aromatic N) is 3. The summed E-state index contributed by atoms with van der Waals surface area (Å²) in [6, 6.07) is 1.91. The molecular formula is C16H27N3O. The van der Waals surface area contributed by atoms with Gasteiger partial charge in [-0.25, -0.2) is 4.98 Å². The zero-order valence-electron chi connectivity index (χ0n) is 13.2. The first-order chi connectivity index (χ1) is 9.65. The van der Waals surface area contributed by atoms with E-state index in [9.17, 15) is 4.79 Å². The Bertz CT molecular complexity index is 416. The predicted molar refractivity (Wildman–Crippen MR) is 84.7 cm³/mol. The van der Waals surface area contributed by atoms with Gasteiger partial charge in [-0.2, -0.15) is 0 Å². The third-order valence-corrected chi connectivity index (χ3v) is 3.69. The number of rotatable bonds is 9. The maximum absolute atomic E-state index is 10.8. The topological polar surface area (TPSA) is 36.4 Å². The van der Waals surface area contributed by atoms with Gasteiger partial charge in [-0.05, 0) is 51.5 Å². The Kier molecular flexibility index (Phi) is 7.23. The van der Waals surface area contributed by atoms with E-state index in [4.69, 9.17) is 0 Å². The Morgan fingerprint density at radius 1 is 1.15 bits per heavy atom. The van der Waals surface area contributed by atoms with Gasteiger partial charge in [0, 0.05) is 24.8 Å². The number of hydrogen-bond donors (Lipinski definition) is 0. The lowest BCUT2D eigenvalue weighted by molar-refractivity contribution is 0.112. The number of carbonyl (C=O) groups is 1. The van der Waals surface area contributed by atoms with Crippen LogP contribution in [0.15, 0.2) is 12.3 Å². The lowest BCUT2D eigenvalue weighted by atomic mass is 10.2. The minimum absolute atomic E-state index is 0.644. The third kappa shape index (κ3) is 4.60. The second-order valence-corrected chi connectivity index (χ2v) is 4.99. The monoisotopic (exact) mass is 277 g/mol. The molecular weight excluding hydrogens is 250 g/mol. The molecule has 0 fully saturated rings. The fourth-order valence-corrected chi connectivity index (χ4v) is 2.42. The highest BCUT2D eigenvalue weighted by Gasteiger charge is 2.10. The summed E-state index contributed by atoms with van der Waals surface area (Å²) in [5.41, 5.74) is 1.71. The molecule has 0 spiro atoms. The van der Waals surface area contributed by atoms with Crippen LogP contribution in [0.25, 0.3) is 0 Å². The molecule has 0 bridgehead atoms. The van der Waals surface area contributed by atoms with Crippen LogP contribution in [0.4, 0.5) is 5.82 Å². The van der Waals surface area contributed by atoms with E-state index in [1.54, 1.807) is 6.20 Å². The van der Waals surface area contributed by atoms with Crippen molar-refractivity contribution in [2.45, 2.75) is 34.1 Å². The first-order valence-electron chi connectivity index (χ1n) is 7.55. The number of aromatic nitrogens is 1. The van der Waals surface area contributed by atoms with Crippen molar-refractivity contribution in [2.75, 3.05) is 37.6 Å². The molecule has 0 N–H and O–H groups in total. The Hall–Kier alpha value is -1.42. The lowest BCUT2D eigenvalue weighted by Gasteiger charge is -2.25. The Balaban J connectivity index is 2.64. The molecule has 1 aromatic rings. The Morgan fingerprint density at radius 3 is 2.35 bits per heavy atom. The highest BCUT2D eigenvalue weighted by molar-refractivity contribution is 5.75. The molecule has 0 aliphatic heterocycles. The minimum Gasteiger partial charge on any atom is -0.357 e. The number of pyridine rings is 1. The Labute approximate surface area is 122 Å². The normalized spacial score (nSPS) is 10.8. The maximum atomic E-state index is 10.8. The van der Waals surface area contributed by atoms with E-state index in [2.05, 4.69) is 35.6 Å². The molecule has 4 nitrogen and oxygen atoms in total. The van der Waals surface area contributed by atoms with Gasteiger partial charge in [0.1, 0.15) is 5.82 Å².